The molecule has 0 radical (unpaired) electrons. The fourth-order valence-corrected chi connectivity index (χ4v) is 2.35. The standard InChI is InChI=1S/C17H15BrO4/c1-2-14(17(20)21)22-15-9-8-12(18)10-13(15)16(19)11-6-4-3-5-7-11/h3-10,14H,2H2,1H3,(H,20,21). The van der Waals surface area contributed by atoms with E-state index in [0.717, 1.165) is 4.47 Å². The summed E-state index contributed by atoms with van der Waals surface area (Å²) in [6.07, 6.45) is -0.673. The normalized spacial score (nSPS) is 11.7. The van der Waals surface area contributed by atoms with Crippen LogP contribution < -0.4 is 4.74 Å². The van der Waals surface area contributed by atoms with Crippen LogP contribution in [0.15, 0.2) is 53.0 Å². The summed E-state index contributed by atoms with van der Waals surface area (Å²) in [7, 11) is 0. The molecule has 1 atom stereocenters. The summed E-state index contributed by atoms with van der Waals surface area (Å²) in [5, 5.41) is 9.12. The smallest absolute Gasteiger partial charge is 0.344 e. The SMILES string of the molecule is CCC(Oc1ccc(Br)cc1C(=O)c1ccccc1)C(=O)O. The fraction of sp³-hybridized carbons (Fsp3) is 0.176. The predicted molar refractivity (Wildman–Crippen MR) is 86.4 cm³/mol. The van der Waals surface area contributed by atoms with Gasteiger partial charge in [-0.1, -0.05) is 53.2 Å². The number of carbonyl (C=O) groups excluding carboxylic acids is 1. The Morgan fingerprint density at radius 2 is 1.86 bits per heavy atom. The molecule has 2 aromatic rings. The Labute approximate surface area is 136 Å². The quantitative estimate of drug-likeness (QED) is 0.790. The molecule has 2 rings (SSSR count). The third kappa shape index (κ3) is 3.74. The lowest BCUT2D eigenvalue weighted by Crippen LogP contribution is -2.26. The Balaban J connectivity index is 2.40. The fourth-order valence-electron chi connectivity index (χ4n) is 1.99. The third-order valence-corrected chi connectivity index (χ3v) is 3.63. The van der Waals surface area contributed by atoms with Gasteiger partial charge in [0.25, 0.3) is 0 Å². The lowest BCUT2D eigenvalue weighted by atomic mass is 10.0. The van der Waals surface area contributed by atoms with Crippen molar-refractivity contribution < 1.29 is 19.4 Å². The summed E-state index contributed by atoms with van der Waals surface area (Å²) in [5.41, 5.74) is 0.856. The topological polar surface area (TPSA) is 63.6 Å². The van der Waals surface area contributed by atoms with Gasteiger partial charge in [-0.2, -0.15) is 0 Å². The van der Waals surface area contributed by atoms with Crippen LogP contribution in [0.3, 0.4) is 0 Å². The lowest BCUT2D eigenvalue weighted by molar-refractivity contribution is -0.145. The van der Waals surface area contributed by atoms with E-state index in [1.165, 1.54) is 0 Å². The van der Waals surface area contributed by atoms with Crippen molar-refractivity contribution in [2.75, 3.05) is 0 Å². The van der Waals surface area contributed by atoms with E-state index in [2.05, 4.69) is 15.9 Å². The molecule has 5 heteroatoms. The maximum atomic E-state index is 12.6. The number of aliphatic carboxylic acids is 1. The minimum Gasteiger partial charge on any atom is -0.479 e. The predicted octanol–water partition coefficient (Wildman–Crippen LogP) is 3.92. The third-order valence-electron chi connectivity index (χ3n) is 3.14. The first kappa shape index (κ1) is 16.2. The van der Waals surface area contributed by atoms with Crippen molar-refractivity contribution in [1.29, 1.82) is 0 Å². The molecule has 0 aliphatic heterocycles. The number of carboxylic acid groups (broad SMARTS) is 1. The Hall–Kier alpha value is -2.14. The summed E-state index contributed by atoms with van der Waals surface area (Å²) in [5.74, 6) is -0.994. The molecule has 0 bridgehead atoms. The van der Waals surface area contributed by atoms with Crippen molar-refractivity contribution >= 4 is 27.7 Å². The second-order valence-corrected chi connectivity index (χ2v) is 5.60. The number of benzene rings is 2. The van der Waals surface area contributed by atoms with Crippen molar-refractivity contribution in [3.05, 3.63) is 64.1 Å². The van der Waals surface area contributed by atoms with Crippen LogP contribution in [-0.2, 0) is 4.79 Å². The van der Waals surface area contributed by atoms with Gasteiger partial charge in [-0.15, -0.1) is 0 Å². The Kier molecular flexibility index (Phi) is 5.33. The van der Waals surface area contributed by atoms with E-state index in [0.29, 0.717) is 17.5 Å². The number of hydrogen-bond donors (Lipinski definition) is 1. The highest BCUT2D eigenvalue weighted by molar-refractivity contribution is 9.10. The van der Waals surface area contributed by atoms with Gasteiger partial charge in [0.05, 0.1) is 5.56 Å². The molecule has 0 aliphatic rings. The van der Waals surface area contributed by atoms with Crippen LogP contribution in [0.4, 0.5) is 0 Å². The van der Waals surface area contributed by atoms with Crippen molar-refractivity contribution in [1.82, 2.24) is 0 Å². The van der Waals surface area contributed by atoms with Crippen molar-refractivity contribution in [2.45, 2.75) is 19.4 Å². The highest BCUT2D eigenvalue weighted by Crippen LogP contribution is 2.27. The molecule has 4 nitrogen and oxygen atoms in total. The van der Waals surface area contributed by atoms with E-state index in [1.54, 1.807) is 49.4 Å². The maximum Gasteiger partial charge on any atom is 0.344 e. The number of ether oxygens (including phenoxy) is 1. The zero-order valence-corrected chi connectivity index (χ0v) is 13.5. The van der Waals surface area contributed by atoms with Crippen LogP contribution in [0.5, 0.6) is 5.75 Å². The molecular weight excluding hydrogens is 348 g/mol. The van der Waals surface area contributed by atoms with Gasteiger partial charge < -0.3 is 9.84 Å². The van der Waals surface area contributed by atoms with Crippen LogP contribution in [0.25, 0.3) is 0 Å². The molecule has 22 heavy (non-hydrogen) atoms. The van der Waals surface area contributed by atoms with Crippen LogP contribution in [-0.4, -0.2) is 23.0 Å². The summed E-state index contributed by atoms with van der Waals surface area (Å²) in [6.45, 7) is 1.72. The zero-order valence-electron chi connectivity index (χ0n) is 12.0. The average Bonchev–Trinajstić information content (AvgIpc) is 2.53. The first-order valence-corrected chi connectivity index (χ1v) is 7.61. The van der Waals surface area contributed by atoms with E-state index in [4.69, 9.17) is 9.84 Å². The molecule has 0 amide bonds. The van der Waals surface area contributed by atoms with Crippen LogP contribution in [0.1, 0.15) is 29.3 Å². The molecule has 0 aliphatic carbocycles. The number of rotatable bonds is 6. The van der Waals surface area contributed by atoms with Crippen molar-refractivity contribution in [3.63, 3.8) is 0 Å². The lowest BCUT2D eigenvalue weighted by Gasteiger charge is -2.16. The average molecular weight is 363 g/mol. The summed E-state index contributed by atoms with van der Waals surface area (Å²) < 4.78 is 6.24. The Bertz CT molecular complexity index is 682. The highest BCUT2D eigenvalue weighted by Gasteiger charge is 2.21. The second kappa shape index (κ2) is 7.22. The molecule has 0 aromatic heterocycles. The van der Waals surface area contributed by atoms with Gasteiger partial charge in [0.15, 0.2) is 11.9 Å². The van der Waals surface area contributed by atoms with E-state index in [1.807, 2.05) is 6.07 Å². The number of carbonyl (C=O) groups is 2. The molecule has 0 fully saturated rings. The first-order chi connectivity index (χ1) is 10.5. The Morgan fingerprint density at radius 3 is 2.45 bits per heavy atom. The minimum atomic E-state index is -1.05. The van der Waals surface area contributed by atoms with Gasteiger partial charge in [0, 0.05) is 10.0 Å². The van der Waals surface area contributed by atoms with Crippen LogP contribution in [0, 0.1) is 0 Å². The first-order valence-electron chi connectivity index (χ1n) is 6.81. The molecule has 1 unspecified atom stereocenters. The molecule has 0 spiro atoms. The van der Waals surface area contributed by atoms with E-state index in [-0.39, 0.29) is 11.5 Å². The summed E-state index contributed by atoms with van der Waals surface area (Å²) in [6, 6.07) is 13.8. The number of halogens is 1. The highest BCUT2D eigenvalue weighted by atomic mass is 79.9. The summed E-state index contributed by atoms with van der Waals surface area (Å²) in [4.78, 5) is 23.7. The van der Waals surface area contributed by atoms with Gasteiger partial charge in [-0.05, 0) is 24.6 Å². The molecule has 0 saturated heterocycles. The molecule has 0 saturated carbocycles. The number of ketones is 1. The summed E-state index contributed by atoms with van der Waals surface area (Å²) >= 11 is 3.33. The van der Waals surface area contributed by atoms with Crippen molar-refractivity contribution in [2.24, 2.45) is 0 Å². The van der Waals surface area contributed by atoms with E-state index < -0.39 is 12.1 Å². The largest absolute Gasteiger partial charge is 0.479 e. The van der Waals surface area contributed by atoms with Gasteiger partial charge in [-0.25, -0.2) is 4.79 Å². The van der Waals surface area contributed by atoms with Crippen molar-refractivity contribution in [3.8, 4) is 5.75 Å². The zero-order chi connectivity index (χ0) is 16.1. The molecule has 0 heterocycles. The van der Waals surface area contributed by atoms with E-state index >= 15 is 0 Å². The number of carboxylic acids is 1. The van der Waals surface area contributed by atoms with Gasteiger partial charge in [0.1, 0.15) is 5.75 Å². The Morgan fingerprint density at radius 1 is 1.18 bits per heavy atom. The van der Waals surface area contributed by atoms with Gasteiger partial charge in [-0.3, -0.25) is 4.79 Å². The van der Waals surface area contributed by atoms with Gasteiger partial charge in [0.2, 0.25) is 0 Å². The van der Waals surface area contributed by atoms with E-state index in [9.17, 15) is 9.59 Å². The van der Waals surface area contributed by atoms with Crippen LogP contribution >= 0.6 is 15.9 Å². The maximum absolute atomic E-state index is 12.6. The van der Waals surface area contributed by atoms with Gasteiger partial charge >= 0.3 is 5.97 Å². The monoisotopic (exact) mass is 362 g/mol. The molecule has 1 N–H and O–H groups in total. The minimum absolute atomic E-state index is 0.211. The second-order valence-electron chi connectivity index (χ2n) is 4.69. The molecular formula is C17H15BrO4. The molecule has 114 valence electrons. The van der Waals surface area contributed by atoms with Crippen LogP contribution in [0.2, 0.25) is 0 Å². The number of hydrogen-bond acceptors (Lipinski definition) is 3. The molecule has 2 aromatic carbocycles.